The van der Waals surface area contributed by atoms with Crippen molar-refractivity contribution in [3.8, 4) is 0 Å². The molecule has 2 aliphatic heterocycles. The second kappa shape index (κ2) is 12.7. The van der Waals surface area contributed by atoms with Crippen LogP contribution in [0, 0.1) is 5.82 Å². The van der Waals surface area contributed by atoms with Gasteiger partial charge in [0, 0.05) is 24.8 Å². The molecule has 0 aromatic heterocycles. The number of benzene rings is 1. The number of hydrogen-bond acceptors (Lipinski definition) is 6. The molecular weight excluding hydrogens is 476 g/mol. The summed E-state index contributed by atoms with van der Waals surface area (Å²) in [6, 6.07) is 2.47. The normalized spacial score (nSPS) is 21.6. The van der Waals surface area contributed by atoms with E-state index in [1.807, 2.05) is 0 Å². The van der Waals surface area contributed by atoms with Gasteiger partial charge in [-0.3, -0.25) is 14.3 Å². The molecule has 2 saturated heterocycles. The first-order valence-electron chi connectivity index (χ1n) is 9.38. The van der Waals surface area contributed by atoms with Crippen LogP contribution < -0.4 is 66.7 Å². The third-order valence-electron chi connectivity index (χ3n) is 4.91. The summed E-state index contributed by atoms with van der Waals surface area (Å²) in [5.74, 6) is -1.21. The molecule has 0 saturated carbocycles. The van der Waals surface area contributed by atoms with Crippen molar-refractivity contribution in [3.63, 3.8) is 0 Å². The van der Waals surface area contributed by atoms with Crippen molar-refractivity contribution in [1.29, 1.82) is 0 Å². The Morgan fingerprint density at radius 2 is 2.00 bits per heavy atom. The molecular formula is C18H22ClFKN5O4S. The zero-order chi connectivity index (χ0) is 21.7. The first-order chi connectivity index (χ1) is 14.4. The molecule has 2 atom stereocenters. The molecule has 3 N–H and O–H groups in total. The van der Waals surface area contributed by atoms with E-state index >= 15 is 0 Å². The molecule has 1 aromatic carbocycles. The number of piperidine rings is 1. The number of nitrogens with zero attached hydrogens (tertiary/aromatic N) is 2. The van der Waals surface area contributed by atoms with E-state index in [4.69, 9.17) is 16.3 Å². The Morgan fingerprint density at radius 3 is 2.65 bits per heavy atom. The monoisotopic (exact) mass is 497 g/mol. The van der Waals surface area contributed by atoms with Crippen LogP contribution in [0.5, 0.6) is 0 Å². The Kier molecular flexibility index (Phi) is 11.0. The summed E-state index contributed by atoms with van der Waals surface area (Å²) in [5, 5.41) is 5.50. The second-order valence-corrected chi connectivity index (χ2v) is 8.01. The number of amides is 3. The third-order valence-corrected chi connectivity index (χ3v) is 5.95. The number of rotatable bonds is 4. The zero-order valence-corrected chi connectivity index (χ0v) is 21.9. The van der Waals surface area contributed by atoms with Crippen molar-refractivity contribution in [2.24, 2.45) is 0 Å². The number of nitrogens with one attached hydrogen (secondary N) is 3. The number of hydrogen-bond donors (Lipinski definition) is 3. The fourth-order valence-electron chi connectivity index (χ4n) is 3.22. The Balaban J connectivity index is 0.00000341. The average molecular weight is 498 g/mol. The minimum atomic E-state index is -0.753. The first kappa shape index (κ1) is 26.8. The maximum Gasteiger partial charge on any atom is 1.00 e. The van der Waals surface area contributed by atoms with Crippen molar-refractivity contribution in [2.75, 3.05) is 25.5 Å². The topological polar surface area (TPSA) is 114 Å². The summed E-state index contributed by atoms with van der Waals surface area (Å²) in [5.41, 5.74) is 0.350. The number of likely N-dealkylation sites (tertiary alicyclic amines) is 1. The number of methoxy groups -OCH3 is 1. The molecule has 0 bridgehead atoms. The number of halogens is 2. The Labute approximate surface area is 231 Å². The Bertz CT molecular complexity index is 815. The molecule has 0 spiro atoms. The van der Waals surface area contributed by atoms with Crippen LogP contribution in [0.15, 0.2) is 18.2 Å². The number of ether oxygens (including phenoxy) is 1. The van der Waals surface area contributed by atoms with Crippen molar-refractivity contribution in [3.05, 3.63) is 33.8 Å². The first-order valence-corrected chi connectivity index (χ1v) is 10.5. The molecule has 0 aliphatic carbocycles. The van der Waals surface area contributed by atoms with Crippen LogP contribution in [0.2, 0.25) is 5.02 Å². The van der Waals surface area contributed by atoms with E-state index in [9.17, 15) is 18.8 Å². The van der Waals surface area contributed by atoms with Crippen LogP contribution in [0.4, 0.5) is 14.9 Å². The van der Waals surface area contributed by atoms with Crippen molar-refractivity contribution < 1.29 is 74.9 Å². The molecule has 2 unspecified atom stereocenters. The molecule has 3 amide bonds. The van der Waals surface area contributed by atoms with E-state index in [0.717, 1.165) is 18.2 Å². The van der Waals surface area contributed by atoms with Crippen molar-refractivity contribution in [1.82, 2.24) is 14.9 Å². The number of carbonyl (C=O) groups excluding carboxylic acids is 3. The predicted molar refractivity (Wildman–Crippen MR) is 111 cm³/mol. The standard InChI is InChI=1S/C18H22ClFN5O4S.K/c1-29-18(28)25-6-4-10(5-7-25)21-16(26)14-9-15(24-30-23-14)17(27)22-11-2-3-13(20)12(19)8-11;/h2-3,8,10,14-15,23H,4-7,9H2,1H3,(H,21,26)(H,22,27);/q-1;+1. The molecule has 2 fully saturated rings. The van der Waals surface area contributed by atoms with Gasteiger partial charge < -0.3 is 25.0 Å². The van der Waals surface area contributed by atoms with E-state index in [1.54, 1.807) is 4.90 Å². The van der Waals surface area contributed by atoms with Crippen molar-refractivity contribution >= 4 is 47.3 Å². The second-order valence-electron chi connectivity index (χ2n) is 6.98. The maximum absolute atomic E-state index is 13.3. The minimum absolute atomic E-state index is 0. The van der Waals surface area contributed by atoms with Gasteiger partial charge in [0.25, 0.3) is 0 Å². The molecule has 164 valence electrons. The van der Waals surface area contributed by atoms with Gasteiger partial charge in [-0.2, -0.15) is 0 Å². The summed E-state index contributed by atoms with van der Waals surface area (Å²) in [6.07, 6.45) is 1.06. The predicted octanol–water partition coefficient (Wildman–Crippen LogP) is -0.564. The largest absolute Gasteiger partial charge is 1.00 e. The quantitative estimate of drug-likeness (QED) is 0.379. The molecule has 2 heterocycles. The minimum Gasteiger partial charge on any atom is -0.582 e. The molecule has 3 rings (SSSR count). The van der Waals surface area contributed by atoms with E-state index in [1.165, 1.54) is 19.2 Å². The van der Waals surface area contributed by atoms with Gasteiger partial charge >= 0.3 is 57.5 Å². The van der Waals surface area contributed by atoms with Gasteiger partial charge in [-0.1, -0.05) is 11.6 Å². The molecule has 0 radical (unpaired) electrons. The third kappa shape index (κ3) is 7.54. The summed E-state index contributed by atoms with van der Waals surface area (Å²) < 4.78 is 25.0. The van der Waals surface area contributed by atoms with Gasteiger partial charge in [0.05, 0.1) is 18.2 Å². The van der Waals surface area contributed by atoms with E-state index < -0.39 is 23.8 Å². The van der Waals surface area contributed by atoms with Crippen molar-refractivity contribution in [2.45, 2.75) is 37.4 Å². The average Bonchev–Trinajstić information content (AvgIpc) is 2.76. The van der Waals surface area contributed by atoms with Crippen LogP contribution in [0.3, 0.4) is 0 Å². The van der Waals surface area contributed by atoms with Gasteiger partial charge in [-0.15, -0.1) is 0 Å². The molecule has 2 aliphatic rings. The Morgan fingerprint density at radius 1 is 1.29 bits per heavy atom. The number of carbonyl (C=O) groups is 3. The zero-order valence-electron chi connectivity index (χ0n) is 17.2. The van der Waals surface area contributed by atoms with E-state index in [2.05, 4.69) is 20.1 Å². The van der Waals surface area contributed by atoms with Gasteiger partial charge in [-0.05, 0) is 43.5 Å². The molecule has 13 heteroatoms. The van der Waals surface area contributed by atoms with Crippen LogP contribution in [0.25, 0.3) is 4.72 Å². The van der Waals surface area contributed by atoms with Gasteiger partial charge in [0.15, 0.2) is 0 Å². The van der Waals surface area contributed by atoms with E-state index in [-0.39, 0.29) is 80.9 Å². The summed E-state index contributed by atoms with van der Waals surface area (Å²) >= 11 is 6.68. The number of anilines is 1. The van der Waals surface area contributed by atoms with Gasteiger partial charge in [-0.25, -0.2) is 21.3 Å². The smallest absolute Gasteiger partial charge is 0.582 e. The van der Waals surface area contributed by atoms with Gasteiger partial charge in [0.2, 0.25) is 11.8 Å². The maximum atomic E-state index is 13.3. The fraction of sp³-hybridized carbons (Fsp3) is 0.500. The van der Waals surface area contributed by atoms with Crippen LogP contribution in [-0.2, 0) is 14.3 Å². The van der Waals surface area contributed by atoms with E-state index in [0.29, 0.717) is 31.6 Å². The molecule has 31 heavy (non-hydrogen) atoms. The molecule has 9 nitrogen and oxygen atoms in total. The SMILES string of the molecule is COC(=O)N1CCC(NC(=O)C2CC(C(=O)Nc3ccc(F)c(Cl)c3)[N-]SN2)CC1.[K+]. The van der Waals surface area contributed by atoms with Gasteiger partial charge in [0.1, 0.15) is 5.82 Å². The fourth-order valence-corrected chi connectivity index (χ4v) is 4.11. The summed E-state index contributed by atoms with van der Waals surface area (Å²) in [4.78, 5) is 38.2. The summed E-state index contributed by atoms with van der Waals surface area (Å²) in [6.45, 7) is 1.01. The Hall–Kier alpha value is -0.444. The van der Waals surface area contributed by atoms with Crippen LogP contribution >= 0.6 is 23.7 Å². The molecule has 1 aromatic rings. The van der Waals surface area contributed by atoms with Crippen LogP contribution in [0.1, 0.15) is 19.3 Å². The van der Waals surface area contributed by atoms with Crippen LogP contribution in [-0.4, -0.2) is 61.1 Å². The summed E-state index contributed by atoms with van der Waals surface area (Å²) in [7, 11) is 1.34.